The van der Waals surface area contributed by atoms with Gasteiger partial charge in [-0.3, -0.25) is 9.59 Å². The van der Waals surface area contributed by atoms with Crippen LogP contribution in [0.15, 0.2) is 78.9 Å². The number of nitrogens with one attached hydrogen (secondary N) is 1. The number of unbranched alkanes of at least 4 members (excludes halogenated alkanes) is 1. The molecule has 0 aliphatic rings. The second-order valence-corrected chi connectivity index (χ2v) is 8.60. The molecular formula is C29H33FN2O3. The zero-order valence-electron chi connectivity index (χ0n) is 20.4. The summed E-state index contributed by atoms with van der Waals surface area (Å²) >= 11 is 0. The Morgan fingerprint density at radius 1 is 0.943 bits per heavy atom. The summed E-state index contributed by atoms with van der Waals surface area (Å²) in [6.07, 6.45) is 2.21. The largest absolute Gasteiger partial charge is 0.484 e. The first-order chi connectivity index (χ1) is 17.0. The summed E-state index contributed by atoms with van der Waals surface area (Å²) in [6.45, 7) is 4.63. The van der Waals surface area contributed by atoms with Crippen LogP contribution in [0.1, 0.15) is 36.5 Å². The second-order valence-electron chi connectivity index (χ2n) is 8.60. The molecule has 0 radical (unpaired) electrons. The average molecular weight is 477 g/mol. The smallest absolute Gasteiger partial charge is 0.261 e. The van der Waals surface area contributed by atoms with E-state index in [-0.39, 0.29) is 30.8 Å². The first-order valence-electron chi connectivity index (χ1n) is 12.0. The quantitative estimate of drug-likeness (QED) is 0.372. The molecule has 0 fully saturated rings. The van der Waals surface area contributed by atoms with Gasteiger partial charge in [0, 0.05) is 19.5 Å². The number of carbonyl (C=O) groups is 2. The Labute approximate surface area is 206 Å². The summed E-state index contributed by atoms with van der Waals surface area (Å²) in [5, 5.41) is 3.00. The highest BCUT2D eigenvalue weighted by molar-refractivity contribution is 5.88. The van der Waals surface area contributed by atoms with E-state index < -0.39 is 6.04 Å². The van der Waals surface area contributed by atoms with Crippen LogP contribution in [-0.4, -0.2) is 35.9 Å². The lowest BCUT2D eigenvalue weighted by atomic mass is 10.0. The maximum Gasteiger partial charge on any atom is 0.261 e. The zero-order chi connectivity index (χ0) is 25.0. The van der Waals surface area contributed by atoms with Crippen molar-refractivity contribution in [3.05, 3.63) is 101 Å². The molecule has 0 saturated heterocycles. The van der Waals surface area contributed by atoms with E-state index in [9.17, 15) is 14.0 Å². The zero-order valence-corrected chi connectivity index (χ0v) is 20.4. The molecule has 0 unspecified atom stereocenters. The molecule has 0 bridgehead atoms. The van der Waals surface area contributed by atoms with Crippen LogP contribution in [0.5, 0.6) is 5.75 Å². The molecule has 35 heavy (non-hydrogen) atoms. The van der Waals surface area contributed by atoms with Gasteiger partial charge in [-0.05, 0) is 48.7 Å². The Hall–Kier alpha value is -3.67. The number of aryl methyl sites for hydroxylation is 1. The number of benzene rings is 3. The van der Waals surface area contributed by atoms with Gasteiger partial charge in [0.05, 0.1) is 0 Å². The standard InChI is InChI=1S/C29H33FN2O3/c1-3-4-18-31-29(34)27(19-23-8-6-5-7-9-23)32(20-24-12-10-22(2)11-13-24)28(33)21-35-26-16-14-25(30)15-17-26/h5-17,27H,3-4,18-21H2,1-2H3,(H,31,34)/t27-/m0/s1. The van der Waals surface area contributed by atoms with Gasteiger partial charge < -0.3 is 15.0 Å². The maximum atomic E-state index is 13.5. The Morgan fingerprint density at radius 3 is 2.29 bits per heavy atom. The first-order valence-corrected chi connectivity index (χ1v) is 12.0. The van der Waals surface area contributed by atoms with Crippen molar-refractivity contribution in [3.63, 3.8) is 0 Å². The summed E-state index contributed by atoms with van der Waals surface area (Å²) < 4.78 is 18.9. The molecule has 3 aromatic carbocycles. The lowest BCUT2D eigenvalue weighted by molar-refractivity contribution is -0.142. The Kier molecular flexibility index (Phi) is 9.84. The number of rotatable bonds is 12. The predicted molar refractivity (Wildman–Crippen MR) is 135 cm³/mol. The third-order valence-corrected chi connectivity index (χ3v) is 5.75. The van der Waals surface area contributed by atoms with Gasteiger partial charge in [-0.25, -0.2) is 4.39 Å². The number of hydrogen-bond acceptors (Lipinski definition) is 3. The van der Waals surface area contributed by atoms with Gasteiger partial charge in [-0.15, -0.1) is 0 Å². The minimum Gasteiger partial charge on any atom is -0.484 e. The normalized spacial score (nSPS) is 11.5. The minimum absolute atomic E-state index is 0.190. The molecule has 0 aliphatic heterocycles. The van der Waals surface area contributed by atoms with Gasteiger partial charge in [-0.2, -0.15) is 0 Å². The first kappa shape index (κ1) is 25.9. The topological polar surface area (TPSA) is 58.6 Å². The van der Waals surface area contributed by atoms with Crippen molar-refractivity contribution in [2.24, 2.45) is 0 Å². The van der Waals surface area contributed by atoms with Crippen molar-refractivity contribution in [3.8, 4) is 5.75 Å². The van der Waals surface area contributed by atoms with Gasteiger partial charge >= 0.3 is 0 Å². The van der Waals surface area contributed by atoms with Crippen LogP contribution in [0.25, 0.3) is 0 Å². The Morgan fingerprint density at radius 2 is 1.63 bits per heavy atom. The number of hydrogen-bond donors (Lipinski definition) is 1. The van der Waals surface area contributed by atoms with E-state index in [4.69, 9.17) is 4.74 Å². The van der Waals surface area contributed by atoms with Crippen LogP contribution in [0, 0.1) is 12.7 Å². The monoisotopic (exact) mass is 476 g/mol. The minimum atomic E-state index is -0.708. The molecule has 5 nitrogen and oxygen atoms in total. The number of halogens is 1. The van der Waals surface area contributed by atoms with Gasteiger partial charge in [0.1, 0.15) is 17.6 Å². The fourth-order valence-electron chi connectivity index (χ4n) is 3.71. The van der Waals surface area contributed by atoms with E-state index in [0.29, 0.717) is 18.7 Å². The van der Waals surface area contributed by atoms with Gasteiger partial charge in [0.2, 0.25) is 5.91 Å². The van der Waals surface area contributed by atoms with Crippen molar-refractivity contribution in [2.45, 2.75) is 45.7 Å². The predicted octanol–water partition coefficient (Wildman–Crippen LogP) is 5.07. The molecule has 1 atom stereocenters. The second kappa shape index (κ2) is 13.3. The van der Waals surface area contributed by atoms with Crippen LogP contribution >= 0.6 is 0 Å². The van der Waals surface area contributed by atoms with Crippen molar-refractivity contribution < 1.29 is 18.7 Å². The third kappa shape index (κ3) is 8.25. The number of amides is 2. The molecule has 0 heterocycles. The molecule has 0 aliphatic carbocycles. The molecule has 6 heteroatoms. The van der Waals surface area contributed by atoms with Crippen LogP contribution < -0.4 is 10.1 Å². The summed E-state index contributed by atoms with van der Waals surface area (Å²) in [4.78, 5) is 28.4. The van der Waals surface area contributed by atoms with E-state index in [0.717, 1.165) is 29.5 Å². The number of nitrogens with zero attached hydrogens (tertiary/aromatic N) is 1. The van der Waals surface area contributed by atoms with Gasteiger partial charge in [0.25, 0.3) is 5.91 Å². The van der Waals surface area contributed by atoms with Gasteiger partial charge in [-0.1, -0.05) is 73.5 Å². The molecule has 3 rings (SSSR count). The van der Waals surface area contributed by atoms with Crippen LogP contribution in [0.2, 0.25) is 0 Å². The summed E-state index contributed by atoms with van der Waals surface area (Å²) in [6, 6.07) is 22.4. The molecule has 2 amide bonds. The molecule has 1 N–H and O–H groups in total. The fraction of sp³-hybridized carbons (Fsp3) is 0.310. The summed E-state index contributed by atoms with van der Waals surface area (Å²) in [7, 11) is 0. The Bertz CT molecular complexity index is 1070. The van der Waals surface area contributed by atoms with Crippen molar-refractivity contribution in [1.82, 2.24) is 10.2 Å². The van der Waals surface area contributed by atoms with E-state index in [1.165, 1.54) is 24.3 Å². The van der Waals surface area contributed by atoms with E-state index >= 15 is 0 Å². The highest BCUT2D eigenvalue weighted by Gasteiger charge is 2.30. The van der Waals surface area contributed by atoms with E-state index in [1.807, 2.05) is 61.5 Å². The average Bonchev–Trinajstić information content (AvgIpc) is 2.87. The highest BCUT2D eigenvalue weighted by atomic mass is 19.1. The van der Waals surface area contributed by atoms with Crippen molar-refractivity contribution in [2.75, 3.05) is 13.2 Å². The van der Waals surface area contributed by atoms with Crippen molar-refractivity contribution in [1.29, 1.82) is 0 Å². The molecule has 3 aromatic rings. The third-order valence-electron chi connectivity index (χ3n) is 5.75. The summed E-state index contributed by atoms with van der Waals surface area (Å²) in [5.74, 6) is -0.496. The molecular weight excluding hydrogens is 443 g/mol. The van der Waals surface area contributed by atoms with E-state index in [1.54, 1.807) is 4.90 Å². The van der Waals surface area contributed by atoms with Crippen molar-refractivity contribution >= 4 is 11.8 Å². The highest BCUT2D eigenvalue weighted by Crippen LogP contribution is 2.17. The Balaban J connectivity index is 1.86. The molecule has 0 saturated carbocycles. The molecule has 0 aromatic heterocycles. The summed E-state index contributed by atoms with van der Waals surface area (Å²) in [5.41, 5.74) is 3.00. The number of ether oxygens (including phenoxy) is 1. The van der Waals surface area contributed by atoms with Gasteiger partial charge in [0.15, 0.2) is 6.61 Å². The van der Waals surface area contributed by atoms with Crippen LogP contribution in [0.3, 0.4) is 0 Å². The van der Waals surface area contributed by atoms with Crippen LogP contribution in [0.4, 0.5) is 4.39 Å². The SMILES string of the molecule is CCCCNC(=O)[C@H](Cc1ccccc1)N(Cc1ccc(C)cc1)C(=O)COc1ccc(F)cc1. The lowest BCUT2D eigenvalue weighted by Gasteiger charge is -2.31. The van der Waals surface area contributed by atoms with E-state index in [2.05, 4.69) is 12.2 Å². The fourth-order valence-corrected chi connectivity index (χ4v) is 3.71. The molecule has 0 spiro atoms. The molecule has 184 valence electrons. The number of carbonyl (C=O) groups excluding carboxylic acids is 2. The lowest BCUT2D eigenvalue weighted by Crippen LogP contribution is -2.51. The van der Waals surface area contributed by atoms with Crippen LogP contribution in [-0.2, 0) is 22.6 Å². The maximum absolute atomic E-state index is 13.5.